The van der Waals surface area contributed by atoms with Crippen molar-refractivity contribution in [2.24, 2.45) is 0 Å². The molecule has 9 nitrogen and oxygen atoms in total. The Hall–Kier alpha value is -3.75. The number of carbonyl (C=O) groups is 2. The largest absolute Gasteiger partial charge is 0.497 e. The lowest BCUT2D eigenvalue weighted by molar-refractivity contribution is -0.116. The molecule has 0 spiro atoms. The predicted molar refractivity (Wildman–Crippen MR) is 102 cm³/mol. The van der Waals surface area contributed by atoms with Crippen molar-refractivity contribution in [2.45, 2.75) is 13.3 Å². The molecule has 0 saturated heterocycles. The van der Waals surface area contributed by atoms with E-state index in [0.717, 1.165) is 5.69 Å². The van der Waals surface area contributed by atoms with Crippen molar-refractivity contribution >= 4 is 17.5 Å². The summed E-state index contributed by atoms with van der Waals surface area (Å²) in [6.45, 7) is 1.93. The molecule has 2 heterocycles. The second-order valence-electron chi connectivity index (χ2n) is 5.93. The fourth-order valence-corrected chi connectivity index (χ4v) is 2.56. The number of amides is 2. The minimum Gasteiger partial charge on any atom is -0.497 e. The SMILES string of the molecule is COc1cccc(-n2nnc(C(=O)NCCC(=O)Nc3cccnc3)c2C)c1. The van der Waals surface area contributed by atoms with Gasteiger partial charge in [0.25, 0.3) is 5.91 Å². The Morgan fingerprint density at radius 1 is 1.21 bits per heavy atom. The molecule has 0 unspecified atom stereocenters. The van der Waals surface area contributed by atoms with Crippen molar-refractivity contribution < 1.29 is 14.3 Å². The fraction of sp³-hybridized carbons (Fsp3) is 0.211. The molecule has 0 atom stereocenters. The van der Waals surface area contributed by atoms with Gasteiger partial charge in [0.1, 0.15) is 5.75 Å². The first-order valence-electron chi connectivity index (χ1n) is 8.63. The summed E-state index contributed by atoms with van der Waals surface area (Å²) in [5.74, 6) is 0.0731. The van der Waals surface area contributed by atoms with Gasteiger partial charge < -0.3 is 15.4 Å². The second kappa shape index (κ2) is 8.76. The number of ether oxygens (including phenoxy) is 1. The van der Waals surface area contributed by atoms with Gasteiger partial charge in [-0.3, -0.25) is 14.6 Å². The molecule has 144 valence electrons. The highest BCUT2D eigenvalue weighted by Crippen LogP contribution is 2.18. The molecular formula is C19H20N6O3. The standard InChI is InChI=1S/C19H20N6O3/c1-13-18(23-24-25(13)15-6-3-7-16(11-15)28-2)19(27)21-10-8-17(26)22-14-5-4-9-20-12-14/h3-7,9,11-12H,8,10H2,1-2H3,(H,21,27)(H,22,26). The highest BCUT2D eigenvalue weighted by Gasteiger charge is 2.17. The van der Waals surface area contributed by atoms with Gasteiger partial charge in [-0.15, -0.1) is 5.10 Å². The Labute approximate surface area is 161 Å². The molecule has 3 aromatic rings. The molecule has 0 aliphatic rings. The predicted octanol–water partition coefficient (Wildman–Crippen LogP) is 1.74. The Morgan fingerprint density at radius 3 is 2.82 bits per heavy atom. The Bertz CT molecular complexity index is 971. The first-order chi connectivity index (χ1) is 13.6. The molecule has 3 rings (SSSR count). The first kappa shape index (κ1) is 19.0. The fourth-order valence-electron chi connectivity index (χ4n) is 2.56. The van der Waals surface area contributed by atoms with Crippen molar-refractivity contribution in [1.29, 1.82) is 0 Å². The molecule has 9 heteroatoms. The lowest BCUT2D eigenvalue weighted by atomic mass is 10.2. The van der Waals surface area contributed by atoms with Crippen molar-refractivity contribution in [1.82, 2.24) is 25.3 Å². The average molecular weight is 380 g/mol. The molecule has 2 amide bonds. The molecule has 0 radical (unpaired) electrons. The Balaban J connectivity index is 1.57. The summed E-state index contributed by atoms with van der Waals surface area (Å²) in [7, 11) is 1.58. The van der Waals surface area contributed by atoms with E-state index in [4.69, 9.17) is 4.74 Å². The van der Waals surface area contributed by atoms with Gasteiger partial charge in [0.2, 0.25) is 5.91 Å². The molecule has 2 aromatic heterocycles. The van der Waals surface area contributed by atoms with Crippen LogP contribution in [0.5, 0.6) is 5.75 Å². The molecule has 2 N–H and O–H groups in total. The van der Waals surface area contributed by atoms with E-state index in [1.807, 2.05) is 18.2 Å². The van der Waals surface area contributed by atoms with E-state index < -0.39 is 0 Å². The van der Waals surface area contributed by atoms with Crippen molar-refractivity contribution in [3.05, 3.63) is 60.2 Å². The summed E-state index contributed by atoms with van der Waals surface area (Å²) in [6, 6.07) is 10.8. The van der Waals surface area contributed by atoms with Crippen LogP contribution < -0.4 is 15.4 Å². The van der Waals surface area contributed by atoms with Crippen LogP contribution in [0, 0.1) is 6.92 Å². The summed E-state index contributed by atoms with van der Waals surface area (Å²) in [5, 5.41) is 13.4. The van der Waals surface area contributed by atoms with Crippen LogP contribution in [-0.4, -0.2) is 45.4 Å². The van der Waals surface area contributed by atoms with Crippen molar-refractivity contribution in [3.8, 4) is 11.4 Å². The van der Waals surface area contributed by atoms with Gasteiger partial charge >= 0.3 is 0 Å². The van der Waals surface area contributed by atoms with Crippen LogP contribution in [0.3, 0.4) is 0 Å². The van der Waals surface area contributed by atoms with E-state index in [0.29, 0.717) is 17.1 Å². The summed E-state index contributed by atoms with van der Waals surface area (Å²) in [4.78, 5) is 28.2. The number of rotatable bonds is 7. The maximum absolute atomic E-state index is 12.4. The van der Waals surface area contributed by atoms with Crippen LogP contribution in [0.4, 0.5) is 5.69 Å². The van der Waals surface area contributed by atoms with Crippen LogP contribution >= 0.6 is 0 Å². The number of pyridine rings is 1. The topological polar surface area (TPSA) is 111 Å². The van der Waals surface area contributed by atoms with Gasteiger partial charge in [-0.2, -0.15) is 0 Å². The van der Waals surface area contributed by atoms with E-state index in [9.17, 15) is 9.59 Å². The zero-order valence-corrected chi connectivity index (χ0v) is 15.5. The van der Waals surface area contributed by atoms with Gasteiger partial charge in [0, 0.05) is 25.2 Å². The number of nitrogens with zero attached hydrogens (tertiary/aromatic N) is 4. The smallest absolute Gasteiger partial charge is 0.273 e. The zero-order valence-electron chi connectivity index (χ0n) is 15.5. The number of hydrogen-bond acceptors (Lipinski definition) is 6. The Morgan fingerprint density at radius 2 is 2.07 bits per heavy atom. The third-order valence-electron chi connectivity index (χ3n) is 3.99. The number of hydrogen-bond donors (Lipinski definition) is 2. The van der Waals surface area contributed by atoms with Gasteiger partial charge in [-0.05, 0) is 31.2 Å². The van der Waals surface area contributed by atoms with E-state index in [2.05, 4.69) is 25.9 Å². The average Bonchev–Trinajstić information content (AvgIpc) is 3.10. The molecule has 0 aliphatic heterocycles. The van der Waals surface area contributed by atoms with Crippen molar-refractivity contribution in [3.63, 3.8) is 0 Å². The third kappa shape index (κ3) is 4.50. The number of methoxy groups -OCH3 is 1. The van der Waals surface area contributed by atoms with Gasteiger partial charge in [-0.1, -0.05) is 11.3 Å². The molecule has 0 fully saturated rings. The van der Waals surface area contributed by atoms with E-state index in [-0.39, 0.29) is 30.5 Å². The van der Waals surface area contributed by atoms with Gasteiger partial charge in [0.05, 0.1) is 30.4 Å². The quantitative estimate of drug-likeness (QED) is 0.646. The molecule has 0 saturated carbocycles. The summed E-state index contributed by atoms with van der Waals surface area (Å²) in [6.07, 6.45) is 3.30. The minimum absolute atomic E-state index is 0.129. The molecule has 28 heavy (non-hydrogen) atoms. The van der Waals surface area contributed by atoms with Gasteiger partial charge in [-0.25, -0.2) is 4.68 Å². The van der Waals surface area contributed by atoms with Crippen LogP contribution in [0.1, 0.15) is 22.6 Å². The molecule has 0 aliphatic carbocycles. The highest BCUT2D eigenvalue weighted by atomic mass is 16.5. The van der Waals surface area contributed by atoms with Crippen LogP contribution in [0.25, 0.3) is 5.69 Å². The first-order valence-corrected chi connectivity index (χ1v) is 8.63. The van der Waals surface area contributed by atoms with Gasteiger partial charge in [0.15, 0.2) is 5.69 Å². The number of carbonyl (C=O) groups excluding carboxylic acids is 2. The normalized spacial score (nSPS) is 10.4. The van der Waals surface area contributed by atoms with Crippen LogP contribution in [0.15, 0.2) is 48.8 Å². The molecular weight excluding hydrogens is 360 g/mol. The highest BCUT2D eigenvalue weighted by molar-refractivity contribution is 5.94. The molecule has 1 aromatic carbocycles. The number of anilines is 1. The third-order valence-corrected chi connectivity index (χ3v) is 3.99. The summed E-state index contributed by atoms with van der Waals surface area (Å²) < 4.78 is 6.77. The summed E-state index contributed by atoms with van der Waals surface area (Å²) >= 11 is 0. The summed E-state index contributed by atoms with van der Waals surface area (Å²) in [5.41, 5.74) is 2.14. The lowest BCUT2D eigenvalue weighted by Crippen LogP contribution is -2.28. The van der Waals surface area contributed by atoms with E-state index in [1.165, 1.54) is 0 Å². The molecule has 0 bridgehead atoms. The van der Waals surface area contributed by atoms with Crippen LogP contribution in [0.2, 0.25) is 0 Å². The maximum Gasteiger partial charge on any atom is 0.273 e. The lowest BCUT2D eigenvalue weighted by Gasteiger charge is -2.07. The number of benzene rings is 1. The van der Waals surface area contributed by atoms with Crippen LogP contribution in [-0.2, 0) is 4.79 Å². The van der Waals surface area contributed by atoms with E-state index >= 15 is 0 Å². The monoisotopic (exact) mass is 380 g/mol. The number of aromatic nitrogens is 4. The second-order valence-corrected chi connectivity index (χ2v) is 5.93. The maximum atomic E-state index is 12.4. The number of nitrogens with one attached hydrogen (secondary N) is 2. The zero-order chi connectivity index (χ0) is 19.9. The minimum atomic E-state index is -0.388. The van der Waals surface area contributed by atoms with Crippen molar-refractivity contribution in [2.75, 3.05) is 19.0 Å². The van der Waals surface area contributed by atoms with E-state index in [1.54, 1.807) is 49.3 Å². The Kier molecular flexibility index (Phi) is 5.95.